The van der Waals surface area contributed by atoms with Gasteiger partial charge in [0.25, 0.3) is 11.8 Å². The number of hydrogen-bond donors (Lipinski definition) is 8. The molecule has 4 aromatic rings. The van der Waals surface area contributed by atoms with E-state index in [9.17, 15) is 39.6 Å². The summed E-state index contributed by atoms with van der Waals surface area (Å²) >= 11 is 0. The maximum absolute atomic E-state index is 13.6. The first kappa shape index (κ1) is 40.1. The molecule has 0 saturated heterocycles. The molecule has 0 radical (unpaired) electrons. The van der Waals surface area contributed by atoms with Gasteiger partial charge in [0.15, 0.2) is 0 Å². The second kappa shape index (κ2) is 17.1. The molecule has 14 nitrogen and oxygen atoms in total. The number of aromatic nitrogens is 2. The van der Waals surface area contributed by atoms with Gasteiger partial charge >= 0.3 is 11.9 Å². The smallest absolute Gasteiger partial charge is 0.323 e. The van der Waals surface area contributed by atoms with Crippen LogP contribution in [0.15, 0.2) is 60.9 Å². The van der Waals surface area contributed by atoms with Crippen LogP contribution in [0.3, 0.4) is 0 Å². The first-order chi connectivity index (χ1) is 26.7. The van der Waals surface area contributed by atoms with Gasteiger partial charge in [-0.2, -0.15) is 0 Å². The fourth-order valence-electron chi connectivity index (χ4n) is 6.96. The zero-order valence-corrected chi connectivity index (χ0v) is 31.8. The predicted molar refractivity (Wildman–Crippen MR) is 210 cm³/mol. The highest BCUT2D eigenvalue weighted by atomic mass is 16.4. The fourth-order valence-corrected chi connectivity index (χ4v) is 6.96. The Morgan fingerprint density at radius 1 is 0.661 bits per heavy atom. The van der Waals surface area contributed by atoms with Crippen LogP contribution in [0.4, 0.5) is 11.4 Å². The number of anilines is 2. The highest BCUT2D eigenvalue weighted by Gasteiger charge is 2.31. The molecule has 2 aromatic carbocycles. The van der Waals surface area contributed by atoms with Gasteiger partial charge in [-0.3, -0.25) is 39.8 Å². The summed E-state index contributed by atoms with van der Waals surface area (Å²) in [4.78, 5) is 59.1. The number of benzene rings is 2. The molecule has 0 spiro atoms. The molecule has 2 saturated carbocycles. The summed E-state index contributed by atoms with van der Waals surface area (Å²) < 4.78 is 0. The van der Waals surface area contributed by atoms with Crippen LogP contribution in [0.1, 0.15) is 106 Å². The molecular weight excluding hydrogens is 716 g/mol. The monoisotopic (exact) mass is 764 g/mol. The molecule has 2 aromatic heterocycles. The van der Waals surface area contributed by atoms with E-state index in [1.54, 1.807) is 24.5 Å². The number of nitrogens with one attached hydrogen (secondary N) is 4. The number of amides is 2. The van der Waals surface area contributed by atoms with Crippen LogP contribution in [-0.4, -0.2) is 78.4 Å². The van der Waals surface area contributed by atoms with Gasteiger partial charge < -0.3 is 31.1 Å². The van der Waals surface area contributed by atoms with Crippen molar-refractivity contribution in [2.24, 2.45) is 0 Å². The first-order valence-electron chi connectivity index (χ1n) is 18.8. The van der Waals surface area contributed by atoms with Crippen molar-refractivity contribution in [3.63, 3.8) is 0 Å². The molecule has 0 aliphatic heterocycles. The minimum Gasteiger partial charge on any atom is -0.480 e. The molecule has 8 N–H and O–H groups in total. The van der Waals surface area contributed by atoms with Crippen LogP contribution in [-0.2, 0) is 22.7 Å². The Kier molecular flexibility index (Phi) is 12.2. The van der Waals surface area contributed by atoms with Crippen LogP contribution in [0, 0.1) is 13.8 Å². The third-order valence-electron chi connectivity index (χ3n) is 10.5. The van der Waals surface area contributed by atoms with Gasteiger partial charge in [-0.25, -0.2) is 0 Å². The number of carboxylic acids is 2. The second-order valence-corrected chi connectivity index (χ2v) is 14.8. The van der Waals surface area contributed by atoms with E-state index in [4.69, 9.17) is 0 Å². The van der Waals surface area contributed by atoms with Crippen molar-refractivity contribution in [2.45, 2.75) is 103 Å². The van der Waals surface area contributed by atoms with E-state index in [0.717, 1.165) is 70.2 Å². The van der Waals surface area contributed by atoms with Gasteiger partial charge in [0.05, 0.1) is 12.2 Å². The first-order valence-corrected chi connectivity index (χ1v) is 18.8. The number of aliphatic hydroxyl groups is 2. The van der Waals surface area contributed by atoms with Gasteiger partial charge in [0, 0.05) is 36.9 Å². The van der Waals surface area contributed by atoms with E-state index in [0.29, 0.717) is 11.4 Å². The van der Waals surface area contributed by atoms with Crippen molar-refractivity contribution in [2.75, 3.05) is 10.6 Å². The number of rotatable bonds is 17. The van der Waals surface area contributed by atoms with Gasteiger partial charge in [-0.1, -0.05) is 24.3 Å². The van der Waals surface area contributed by atoms with E-state index < -0.39 is 36.2 Å². The van der Waals surface area contributed by atoms with Crippen LogP contribution >= 0.6 is 0 Å². The van der Waals surface area contributed by atoms with Crippen LogP contribution in [0.5, 0.6) is 0 Å². The van der Waals surface area contributed by atoms with Gasteiger partial charge in [-0.15, -0.1) is 0 Å². The van der Waals surface area contributed by atoms with E-state index in [-0.39, 0.29) is 48.1 Å². The van der Waals surface area contributed by atoms with Crippen molar-refractivity contribution in [1.29, 1.82) is 0 Å². The molecule has 2 heterocycles. The van der Waals surface area contributed by atoms with Gasteiger partial charge in [0.2, 0.25) is 0 Å². The van der Waals surface area contributed by atoms with Crippen LogP contribution < -0.4 is 21.3 Å². The Bertz CT molecular complexity index is 1990. The SMILES string of the molecule is Cc1c(NC(=O)c2cc(C3CC3)c(CN[C@H](C(=O)O)[C@@H](C)O)cn2)cccc1-c1cccc(NC(=O)c2cc(C3CC3)c(CN[C@H](C(=O)O)[C@@H](C)O)cn2)c1C. The molecule has 14 heteroatoms. The average Bonchev–Trinajstić information content (AvgIpc) is 4.08. The number of carbonyl (C=O) groups excluding carboxylic acids is 2. The summed E-state index contributed by atoms with van der Waals surface area (Å²) in [6.45, 7) is 7.03. The Morgan fingerprint density at radius 3 is 1.36 bits per heavy atom. The van der Waals surface area contributed by atoms with Crippen molar-refractivity contribution in [3.05, 3.63) is 106 Å². The lowest BCUT2D eigenvalue weighted by Gasteiger charge is -2.19. The number of nitrogens with zero attached hydrogens (tertiary/aromatic N) is 2. The number of carbonyl (C=O) groups is 4. The lowest BCUT2D eigenvalue weighted by atomic mass is 9.94. The maximum atomic E-state index is 13.6. The molecule has 0 bridgehead atoms. The van der Waals surface area contributed by atoms with Crippen molar-refractivity contribution in [3.8, 4) is 11.1 Å². The van der Waals surface area contributed by atoms with E-state index >= 15 is 0 Å². The van der Waals surface area contributed by atoms with Gasteiger partial charge in [-0.05, 0) is 134 Å². The summed E-state index contributed by atoms with van der Waals surface area (Å²) in [5.41, 5.74) is 8.43. The molecule has 0 unspecified atom stereocenters. The van der Waals surface area contributed by atoms with Gasteiger partial charge in [0.1, 0.15) is 23.5 Å². The molecule has 6 rings (SSSR count). The van der Waals surface area contributed by atoms with Crippen molar-refractivity contribution >= 4 is 35.1 Å². The summed E-state index contributed by atoms with van der Waals surface area (Å²) in [7, 11) is 0. The lowest BCUT2D eigenvalue weighted by molar-refractivity contribution is -0.143. The summed E-state index contributed by atoms with van der Waals surface area (Å²) in [5, 5.41) is 50.4. The number of aliphatic carboxylic acids is 2. The standard InChI is InChI=1S/C42H48N6O8/c1-21-29(7-5-9-33(21)47-39(51)35-15-31(25-11-12-25)27(17-43-35)19-45-37(23(3)49)41(53)54)30-8-6-10-34(22(30)2)48-40(52)36-16-32(26-13-14-26)28(18-44-36)20-46-38(24(4)50)42(55)56/h5-10,15-18,23-26,37-38,45-46,49-50H,11-14,19-20H2,1-4H3,(H,47,51)(H,48,52)(H,53,54)(H,55,56)/t23-,24-,37+,38+/m1/s1. The minimum absolute atomic E-state index is 0.187. The Hall–Kier alpha value is -5.54. The second-order valence-electron chi connectivity index (χ2n) is 14.8. The Morgan fingerprint density at radius 2 is 1.04 bits per heavy atom. The highest BCUT2D eigenvalue weighted by Crippen LogP contribution is 2.43. The van der Waals surface area contributed by atoms with E-state index in [1.807, 2.05) is 50.2 Å². The lowest BCUT2D eigenvalue weighted by Crippen LogP contribution is -2.44. The number of carboxylic acid groups (broad SMARTS) is 2. The molecule has 2 aliphatic rings. The Labute approximate surface area is 324 Å². The molecule has 4 atom stereocenters. The van der Waals surface area contributed by atoms with E-state index in [1.165, 1.54) is 13.8 Å². The topological polar surface area (TPSA) is 223 Å². The fraction of sp³-hybridized carbons (Fsp3) is 0.381. The highest BCUT2D eigenvalue weighted by molar-refractivity contribution is 6.05. The quantitative estimate of drug-likeness (QED) is 0.0722. The average molecular weight is 765 g/mol. The summed E-state index contributed by atoms with van der Waals surface area (Å²) in [6.07, 6.45) is 4.84. The molecule has 2 aliphatic carbocycles. The summed E-state index contributed by atoms with van der Waals surface area (Å²) in [6, 6.07) is 12.5. The predicted octanol–water partition coefficient (Wildman–Crippen LogP) is 4.87. The third kappa shape index (κ3) is 9.28. The molecule has 56 heavy (non-hydrogen) atoms. The zero-order chi connectivity index (χ0) is 40.3. The number of pyridine rings is 2. The largest absolute Gasteiger partial charge is 0.480 e. The molecular formula is C42H48N6O8. The number of aliphatic hydroxyl groups excluding tert-OH is 2. The van der Waals surface area contributed by atoms with Crippen molar-refractivity contribution < 1.29 is 39.6 Å². The zero-order valence-electron chi connectivity index (χ0n) is 31.8. The van der Waals surface area contributed by atoms with Crippen LogP contribution in [0.25, 0.3) is 11.1 Å². The molecule has 2 fully saturated rings. The van der Waals surface area contributed by atoms with E-state index in [2.05, 4.69) is 31.2 Å². The third-order valence-corrected chi connectivity index (χ3v) is 10.5. The number of hydrogen-bond acceptors (Lipinski definition) is 10. The molecule has 294 valence electrons. The normalized spacial score (nSPS) is 16.0. The van der Waals surface area contributed by atoms with Crippen molar-refractivity contribution in [1.82, 2.24) is 20.6 Å². The molecule has 2 amide bonds. The van der Waals surface area contributed by atoms with Crippen LogP contribution in [0.2, 0.25) is 0 Å². The summed E-state index contributed by atoms with van der Waals surface area (Å²) in [5.74, 6) is -2.57. The Balaban J connectivity index is 1.17. The minimum atomic E-state index is -1.15. The maximum Gasteiger partial charge on any atom is 0.323 e.